The fraction of sp³-hybridized carbons (Fsp3) is 0.286. The zero-order valence-electron chi connectivity index (χ0n) is 11.6. The summed E-state index contributed by atoms with van der Waals surface area (Å²) in [5, 5.41) is 15.4. The van der Waals surface area contributed by atoms with Gasteiger partial charge in [0.05, 0.1) is 6.42 Å². The molecule has 1 amide bonds. The van der Waals surface area contributed by atoms with Gasteiger partial charge in [0.25, 0.3) is 5.91 Å². The standard InChI is InChI=1S/C14H16N4O3/c1-2-11-15-13(17-16-11)14(21)18(9-8-12(19)20)10-6-4-3-5-7-10/h3-7H,2,8-9H2,1H3,(H,19,20)(H,15,16,17). The molecular formula is C14H16N4O3. The molecule has 110 valence electrons. The third-order valence-corrected chi connectivity index (χ3v) is 2.92. The van der Waals surface area contributed by atoms with Crippen molar-refractivity contribution >= 4 is 17.6 Å². The lowest BCUT2D eigenvalue weighted by Gasteiger charge is -2.20. The first-order valence-electron chi connectivity index (χ1n) is 6.61. The Morgan fingerprint density at radius 1 is 1.29 bits per heavy atom. The van der Waals surface area contributed by atoms with E-state index in [1.807, 2.05) is 13.0 Å². The molecule has 2 N–H and O–H groups in total. The highest BCUT2D eigenvalue weighted by molar-refractivity contribution is 6.03. The Morgan fingerprint density at radius 2 is 2.00 bits per heavy atom. The van der Waals surface area contributed by atoms with Crippen molar-refractivity contribution in [3.8, 4) is 0 Å². The number of H-pyrrole nitrogens is 1. The molecule has 2 aromatic rings. The number of hydrogen-bond donors (Lipinski definition) is 2. The number of benzene rings is 1. The number of anilines is 1. The largest absolute Gasteiger partial charge is 0.481 e. The molecule has 0 bridgehead atoms. The Kier molecular flexibility index (Phi) is 4.65. The second-order valence-corrected chi connectivity index (χ2v) is 4.40. The molecule has 1 heterocycles. The zero-order chi connectivity index (χ0) is 15.2. The normalized spacial score (nSPS) is 10.3. The first-order valence-corrected chi connectivity index (χ1v) is 6.61. The summed E-state index contributed by atoms with van der Waals surface area (Å²) >= 11 is 0. The molecule has 2 rings (SSSR count). The van der Waals surface area contributed by atoms with Crippen LogP contribution in [-0.2, 0) is 11.2 Å². The molecule has 0 aliphatic rings. The molecule has 21 heavy (non-hydrogen) atoms. The molecule has 7 nitrogen and oxygen atoms in total. The predicted octanol–water partition coefficient (Wildman–Crippen LogP) is 1.49. The minimum absolute atomic E-state index is 0.0427. The van der Waals surface area contributed by atoms with Crippen LogP contribution in [0.3, 0.4) is 0 Å². The Bertz CT molecular complexity index is 624. The van der Waals surface area contributed by atoms with Gasteiger partial charge in [0.1, 0.15) is 5.82 Å². The number of rotatable bonds is 6. The van der Waals surface area contributed by atoms with Crippen LogP contribution in [0.15, 0.2) is 30.3 Å². The predicted molar refractivity (Wildman–Crippen MR) is 76.1 cm³/mol. The van der Waals surface area contributed by atoms with Crippen molar-refractivity contribution in [2.45, 2.75) is 19.8 Å². The van der Waals surface area contributed by atoms with Gasteiger partial charge in [0, 0.05) is 18.7 Å². The first-order chi connectivity index (χ1) is 10.1. The topological polar surface area (TPSA) is 99.2 Å². The minimum atomic E-state index is -0.965. The number of carbonyl (C=O) groups excluding carboxylic acids is 1. The van der Waals surface area contributed by atoms with E-state index in [-0.39, 0.29) is 18.8 Å². The molecule has 1 aromatic carbocycles. The fourth-order valence-electron chi connectivity index (χ4n) is 1.83. The number of carbonyl (C=O) groups is 2. The number of nitrogens with zero attached hydrogens (tertiary/aromatic N) is 3. The van der Waals surface area contributed by atoms with Gasteiger partial charge in [-0.05, 0) is 12.1 Å². The maximum Gasteiger partial charge on any atom is 0.305 e. The number of hydrogen-bond acceptors (Lipinski definition) is 4. The SMILES string of the molecule is CCc1nc(C(=O)N(CCC(=O)O)c2ccccc2)n[nH]1. The number of carboxylic acids is 1. The summed E-state index contributed by atoms with van der Waals surface area (Å²) in [7, 11) is 0. The number of amides is 1. The van der Waals surface area contributed by atoms with Gasteiger partial charge in [-0.3, -0.25) is 14.7 Å². The number of carboxylic acid groups (broad SMARTS) is 1. The van der Waals surface area contributed by atoms with E-state index in [9.17, 15) is 9.59 Å². The van der Waals surface area contributed by atoms with E-state index in [1.165, 1.54) is 4.90 Å². The highest BCUT2D eigenvalue weighted by Gasteiger charge is 2.22. The van der Waals surface area contributed by atoms with Gasteiger partial charge >= 0.3 is 5.97 Å². The molecule has 0 unspecified atom stereocenters. The minimum Gasteiger partial charge on any atom is -0.481 e. The lowest BCUT2D eigenvalue weighted by atomic mass is 10.2. The van der Waals surface area contributed by atoms with E-state index in [0.717, 1.165) is 0 Å². The van der Waals surface area contributed by atoms with E-state index in [4.69, 9.17) is 5.11 Å². The van der Waals surface area contributed by atoms with Gasteiger partial charge in [-0.15, -0.1) is 5.10 Å². The van der Waals surface area contributed by atoms with Crippen LogP contribution in [0.5, 0.6) is 0 Å². The van der Waals surface area contributed by atoms with E-state index < -0.39 is 11.9 Å². The van der Waals surface area contributed by atoms with Gasteiger partial charge < -0.3 is 10.0 Å². The Labute approximate surface area is 121 Å². The van der Waals surface area contributed by atoms with Gasteiger partial charge in [-0.25, -0.2) is 4.98 Å². The summed E-state index contributed by atoms with van der Waals surface area (Å²) in [5.41, 5.74) is 0.617. The molecular weight excluding hydrogens is 272 g/mol. The van der Waals surface area contributed by atoms with Gasteiger partial charge in [-0.1, -0.05) is 25.1 Å². The monoisotopic (exact) mass is 288 g/mol. The number of aryl methyl sites for hydroxylation is 1. The molecule has 0 fully saturated rings. The summed E-state index contributed by atoms with van der Waals surface area (Å²) in [6, 6.07) is 8.88. The molecule has 0 saturated carbocycles. The van der Waals surface area contributed by atoms with Crippen LogP contribution < -0.4 is 4.90 Å². The molecule has 0 aliphatic heterocycles. The summed E-state index contributed by atoms with van der Waals surface area (Å²) in [4.78, 5) is 28.7. The molecule has 0 spiro atoms. The smallest absolute Gasteiger partial charge is 0.305 e. The Balaban J connectivity index is 2.25. The summed E-state index contributed by atoms with van der Waals surface area (Å²) in [6.45, 7) is 1.96. The van der Waals surface area contributed by atoms with Crippen LogP contribution in [0.4, 0.5) is 5.69 Å². The summed E-state index contributed by atoms with van der Waals surface area (Å²) in [5.74, 6) is -0.725. The van der Waals surface area contributed by atoms with Crippen molar-refractivity contribution in [2.75, 3.05) is 11.4 Å². The molecule has 0 atom stereocenters. The number of aromatic nitrogens is 3. The quantitative estimate of drug-likeness (QED) is 0.839. The number of nitrogens with one attached hydrogen (secondary N) is 1. The van der Waals surface area contributed by atoms with Crippen molar-refractivity contribution < 1.29 is 14.7 Å². The summed E-state index contributed by atoms with van der Waals surface area (Å²) < 4.78 is 0. The average Bonchev–Trinajstić information content (AvgIpc) is 2.97. The van der Waals surface area contributed by atoms with Gasteiger partial charge in [-0.2, -0.15) is 0 Å². The third kappa shape index (κ3) is 3.65. The Morgan fingerprint density at radius 3 is 2.57 bits per heavy atom. The average molecular weight is 288 g/mol. The molecule has 7 heteroatoms. The van der Waals surface area contributed by atoms with Crippen molar-refractivity contribution in [3.05, 3.63) is 42.0 Å². The summed E-state index contributed by atoms with van der Waals surface area (Å²) in [6.07, 6.45) is 0.492. The van der Waals surface area contributed by atoms with Crippen LogP contribution in [0.1, 0.15) is 29.8 Å². The first kappa shape index (κ1) is 14.7. The maximum atomic E-state index is 12.5. The van der Waals surface area contributed by atoms with Crippen LogP contribution in [-0.4, -0.2) is 38.7 Å². The number of aliphatic carboxylic acids is 1. The molecule has 0 saturated heterocycles. The number of aromatic amines is 1. The molecule has 1 aromatic heterocycles. The van der Waals surface area contributed by atoms with E-state index >= 15 is 0 Å². The maximum absolute atomic E-state index is 12.5. The highest BCUT2D eigenvalue weighted by atomic mass is 16.4. The third-order valence-electron chi connectivity index (χ3n) is 2.92. The van der Waals surface area contributed by atoms with Crippen LogP contribution in [0.2, 0.25) is 0 Å². The lowest BCUT2D eigenvalue weighted by Crippen LogP contribution is -2.33. The van der Waals surface area contributed by atoms with Gasteiger partial charge in [0.15, 0.2) is 0 Å². The molecule has 0 radical (unpaired) electrons. The van der Waals surface area contributed by atoms with E-state index in [2.05, 4.69) is 15.2 Å². The lowest BCUT2D eigenvalue weighted by molar-refractivity contribution is -0.136. The van der Waals surface area contributed by atoms with Crippen molar-refractivity contribution in [2.24, 2.45) is 0 Å². The second kappa shape index (κ2) is 6.65. The van der Waals surface area contributed by atoms with Crippen LogP contribution in [0.25, 0.3) is 0 Å². The van der Waals surface area contributed by atoms with Crippen LogP contribution in [0, 0.1) is 0 Å². The zero-order valence-corrected chi connectivity index (χ0v) is 11.6. The van der Waals surface area contributed by atoms with Crippen molar-refractivity contribution in [1.82, 2.24) is 15.2 Å². The van der Waals surface area contributed by atoms with Crippen molar-refractivity contribution in [3.63, 3.8) is 0 Å². The van der Waals surface area contributed by atoms with Gasteiger partial charge in [0.2, 0.25) is 5.82 Å². The van der Waals surface area contributed by atoms with Crippen LogP contribution >= 0.6 is 0 Å². The van der Waals surface area contributed by atoms with Crippen molar-refractivity contribution in [1.29, 1.82) is 0 Å². The fourth-order valence-corrected chi connectivity index (χ4v) is 1.83. The Hall–Kier alpha value is -2.70. The number of para-hydroxylation sites is 1. The van der Waals surface area contributed by atoms with E-state index in [0.29, 0.717) is 17.9 Å². The highest BCUT2D eigenvalue weighted by Crippen LogP contribution is 2.16. The second-order valence-electron chi connectivity index (χ2n) is 4.40. The van der Waals surface area contributed by atoms with E-state index in [1.54, 1.807) is 24.3 Å². The molecule has 0 aliphatic carbocycles.